The molecule has 0 aliphatic heterocycles. The zero-order valence-electron chi connectivity index (χ0n) is 11.0. The summed E-state index contributed by atoms with van der Waals surface area (Å²) in [5, 5.41) is 10.5. The van der Waals surface area contributed by atoms with Gasteiger partial charge in [-0.05, 0) is 19.0 Å². The van der Waals surface area contributed by atoms with E-state index in [-0.39, 0.29) is 38.0 Å². The highest BCUT2D eigenvalue weighted by Crippen LogP contribution is 2.36. The molecular formula is C10H13ClF3N3O4S. The van der Waals surface area contributed by atoms with Crippen LogP contribution in [-0.2, 0) is 16.2 Å². The second-order valence-electron chi connectivity index (χ2n) is 3.98. The van der Waals surface area contributed by atoms with Gasteiger partial charge in [-0.3, -0.25) is 10.1 Å². The number of nitro groups is 1. The molecule has 1 rings (SSSR count). The largest absolute Gasteiger partial charge is 0.417 e. The molecule has 0 bridgehead atoms. The van der Waals surface area contributed by atoms with Crippen LogP contribution in [0.5, 0.6) is 0 Å². The minimum absolute atomic E-state index is 0. The molecule has 0 saturated heterocycles. The third-order valence-electron chi connectivity index (χ3n) is 2.44. The third kappa shape index (κ3) is 5.09. The smallest absolute Gasteiger partial charge is 0.330 e. The lowest BCUT2D eigenvalue weighted by Gasteiger charge is -2.13. The Morgan fingerprint density at radius 1 is 1.32 bits per heavy atom. The third-order valence-corrected chi connectivity index (χ3v) is 3.96. The van der Waals surface area contributed by atoms with Gasteiger partial charge in [-0.25, -0.2) is 13.1 Å². The lowest BCUT2D eigenvalue weighted by molar-refractivity contribution is -0.385. The molecule has 0 heterocycles. The van der Waals surface area contributed by atoms with Gasteiger partial charge in [0.15, 0.2) is 0 Å². The summed E-state index contributed by atoms with van der Waals surface area (Å²) in [6, 6.07) is 1.45. The Labute approximate surface area is 130 Å². The first-order chi connectivity index (χ1) is 9.59. The van der Waals surface area contributed by atoms with Gasteiger partial charge in [-0.1, -0.05) is 0 Å². The fourth-order valence-electron chi connectivity index (χ4n) is 1.47. The van der Waals surface area contributed by atoms with Crippen molar-refractivity contribution in [3.05, 3.63) is 33.9 Å². The standard InChI is InChI=1S/C10H12F3N3O4S.ClH/c11-10(12,13)8-6-7(16(17)18)2-3-9(8)21(19,20)15-5-1-4-14;/h2-3,6,15H,1,4-5,14H2;1H. The van der Waals surface area contributed by atoms with Crippen LogP contribution < -0.4 is 10.5 Å². The minimum atomic E-state index is -5.04. The van der Waals surface area contributed by atoms with Gasteiger partial charge in [0.1, 0.15) is 0 Å². The molecule has 126 valence electrons. The highest BCUT2D eigenvalue weighted by atomic mass is 35.5. The number of benzene rings is 1. The maximum absolute atomic E-state index is 12.9. The zero-order valence-corrected chi connectivity index (χ0v) is 12.6. The first kappa shape index (κ1) is 20.6. The Bertz CT molecular complexity index is 637. The van der Waals surface area contributed by atoms with Gasteiger partial charge in [0.05, 0.1) is 15.4 Å². The number of nitrogens with two attached hydrogens (primary N) is 1. The SMILES string of the molecule is Cl.NCCCNS(=O)(=O)c1ccc([N+](=O)[O-])cc1C(F)(F)F. The molecule has 1 aromatic carbocycles. The molecule has 0 saturated carbocycles. The van der Waals surface area contributed by atoms with Crippen molar-refractivity contribution >= 4 is 28.1 Å². The maximum atomic E-state index is 12.9. The molecule has 12 heteroatoms. The Balaban J connectivity index is 0.00000441. The van der Waals surface area contributed by atoms with E-state index in [1.165, 1.54) is 0 Å². The van der Waals surface area contributed by atoms with Crippen LogP contribution in [0.4, 0.5) is 18.9 Å². The van der Waals surface area contributed by atoms with Crippen LogP contribution in [0.25, 0.3) is 0 Å². The van der Waals surface area contributed by atoms with E-state index in [9.17, 15) is 31.7 Å². The summed E-state index contributed by atoms with van der Waals surface area (Å²) in [6.07, 6.45) is -4.79. The fourth-order valence-corrected chi connectivity index (χ4v) is 2.75. The van der Waals surface area contributed by atoms with Crippen LogP contribution in [0.2, 0.25) is 0 Å². The molecule has 0 amide bonds. The summed E-state index contributed by atoms with van der Waals surface area (Å²) in [5.74, 6) is 0. The van der Waals surface area contributed by atoms with E-state index in [2.05, 4.69) is 0 Å². The van der Waals surface area contributed by atoms with E-state index >= 15 is 0 Å². The van der Waals surface area contributed by atoms with E-state index in [1.54, 1.807) is 0 Å². The Morgan fingerprint density at radius 3 is 2.36 bits per heavy atom. The topological polar surface area (TPSA) is 115 Å². The Hall–Kier alpha value is -1.43. The monoisotopic (exact) mass is 363 g/mol. The van der Waals surface area contributed by atoms with Crippen molar-refractivity contribution in [1.82, 2.24) is 4.72 Å². The predicted molar refractivity (Wildman–Crippen MR) is 74.2 cm³/mol. The van der Waals surface area contributed by atoms with Crippen LogP contribution in [-0.4, -0.2) is 26.4 Å². The fraction of sp³-hybridized carbons (Fsp3) is 0.400. The molecule has 7 nitrogen and oxygen atoms in total. The molecule has 0 fully saturated rings. The van der Waals surface area contributed by atoms with Gasteiger partial charge in [-0.2, -0.15) is 13.2 Å². The second-order valence-corrected chi connectivity index (χ2v) is 5.71. The number of rotatable bonds is 6. The van der Waals surface area contributed by atoms with Crippen molar-refractivity contribution in [1.29, 1.82) is 0 Å². The first-order valence-electron chi connectivity index (χ1n) is 5.65. The normalized spacial score (nSPS) is 11.8. The van der Waals surface area contributed by atoms with Crippen molar-refractivity contribution in [3.8, 4) is 0 Å². The van der Waals surface area contributed by atoms with Gasteiger partial charge >= 0.3 is 6.18 Å². The summed E-state index contributed by atoms with van der Waals surface area (Å²) in [7, 11) is -4.44. The van der Waals surface area contributed by atoms with Crippen LogP contribution >= 0.6 is 12.4 Å². The van der Waals surface area contributed by atoms with Gasteiger partial charge < -0.3 is 5.73 Å². The van der Waals surface area contributed by atoms with Gasteiger partial charge in [0.25, 0.3) is 5.69 Å². The quantitative estimate of drug-likeness (QED) is 0.453. The molecular weight excluding hydrogens is 351 g/mol. The van der Waals surface area contributed by atoms with E-state index in [0.29, 0.717) is 12.1 Å². The number of nitro benzene ring substituents is 1. The second kappa shape index (κ2) is 7.72. The van der Waals surface area contributed by atoms with Gasteiger partial charge in [-0.15, -0.1) is 12.4 Å². The summed E-state index contributed by atoms with van der Waals surface area (Å²) in [6.45, 7) is 0.0298. The van der Waals surface area contributed by atoms with Crippen LogP contribution in [0.1, 0.15) is 12.0 Å². The van der Waals surface area contributed by atoms with Crippen LogP contribution in [0.15, 0.2) is 23.1 Å². The number of hydrogen-bond donors (Lipinski definition) is 2. The number of non-ortho nitro benzene ring substituents is 1. The van der Waals surface area contributed by atoms with Gasteiger partial charge in [0.2, 0.25) is 10.0 Å². The first-order valence-corrected chi connectivity index (χ1v) is 7.13. The summed E-state index contributed by atoms with van der Waals surface area (Å²) >= 11 is 0. The van der Waals surface area contributed by atoms with Crippen molar-refractivity contribution in [2.24, 2.45) is 5.73 Å². The lowest BCUT2D eigenvalue weighted by Crippen LogP contribution is -2.28. The molecule has 1 aromatic rings. The number of nitrogens with one attached hydrogen (secondary N) is 1. The Kier molecular flexibility index (Phi) is 7.22. The van der Waals surface area contributed by atoms with Gasteiger partial charge in [0, 0.05) is 18.7 Å². The summed E-state index contributed by atoms with van der Waals surface area (Å²) in [4.78, 5) is 8.42. The van der Waals surface area contributed by atoms with E-state index in [0.717, 1.165) is 0 Å². The molecule has 0 aliphatic carbocycles. The lowest BCUT2D eigenvalue weighted by atomic mass is 10.2. The number of alkyl halides is 3. The molecule has 0 unspecified atom stereocenters. The van der Waals surface area contributed by atoms with Crippen molar-refractivity contribution < 1.29 is 26.5 Å². The van der Waals surface area contributed by atoms with E-state index < -0.39 is 37.3 Å². The molecule has 0 spiro atoms. The summed E-state index contributed by atoms with van der Waals surface area (Å²) in [5.41, 5.74) is 2.73. The zero-order chi connectivity index (χ0) is 16.3. The molecule has 0 aromatic heterocycles. The molecule has 3 N–H and O–H groups in total. The van der Waals surface area contributed by atoms with Crippen LogP contribution in [0, 0.1) is 10.1 Å². The van der Waals surface area contributed by atoms with E-state index in [1.807, 2.05) is 4.72 Å². The average Bonchev–Trinajstić information content (AvgIpc) is 2.37. The highest BCUT2D eigenvalue weighted by Gasteiger charge is 2.38. The number of nitrogens with zero attached hydrogens (tertiary/aromatic N) is 1. The molecule has 22 heavy (non-hydrogen) atoms. The van der Waals surface area contributed by atoms with Crippen molar-refractivity contribution in [2.45, 2.75) is 17.5 Å². The summed E-state index contributed by atoms with van der Waals surface area (Å²) < 4.78 is 64.3. The predicted octanol–water partition coefficient (Wildman–Crippen LogP) is 1.66. The highest BCUT2D eigenvalue weighted by molar-refractivity contribution is 7.89. The number of halogens is 4. The minimum Gasteiger partial charge on any atom is -0.330 e. The number of hydrogen-bond acceptors (Lipinski definition) is 5. The molecule has 0 radical (unpaired) electrons. The Morgan fingerprint density at radius 2 is 1.91 bits per heavy atom. The van der Waals surface area contributed by atoms with Crippen LogP contribution in [0.3, 0.4) is 0 Å². The number of sulfonamides is 1. The maximum Gasteiger partial charge on any atom is 0.417 e. The van der Waals surface area contributed by atoms with Crippen molar-refractivity contribution in [3.63, 3.8) is 0 Å². The van der Waals surface area contributed by atoms with E-state index in [4.69, 9.17) is 5.73 Å². The molecule has 0 atom stereocenters. The van der Waals surface area contributed by atoms with Crippen molar-refractivity contribution in [2.75, 3.05) is 13.1 Å². The average molecular weight is 364 g/mol. The molecule has 0 aliphatic rings.